The summed E-state index contributed by atoms with van der Waals surface area (Å²) in [7, 11) is 4.02. The standard InChI is InChI=1S/C18H34N4O2/c1-19-17(21(2)13-16-5-10-24-14-16)20-15-18(6-11-23-12-7-18)22-8-3-4-9-22/h16H,3-15H2,1-2H3,(H,19,20). The Morgan fingerprint density at radius 2 is 1.96 bits per heavy atom. The lowest BCUT2D eigenvalue weighted by atomic mass is 9.88. The predicted octanol–water partition coefficient (Wildman–Crippen LogP) is 1.18. The first-order chi connectivity index (χ1) is 11.7. The Morgan fingerprint density at radius 3 is 2.58 bits per heavy atom. The molecule has 0 aliphatic carbocycles. The summed E-state index contributed by atoms with van der Waals surface area (Å²) in [5, 5.41) is 3.67. The Hall–Kier alpha value is -0.850. The third-order valence-corrected chi connectivity index (χ3v) is 5.91. The Kier molecular flexibility index (Phi) is 6.36. The molecule has 0 aromatic rings. The SMILES string of the molecule is CN=C(NCC1(N2CCCC2)CCOCC1)N(C)CC1CCOC1. The van der Waals surface area contributed by atoms with Crippen LogP contribution in [0.4, 0.5) is 0 Å². The summed E-state index contributed by atoms with van der Waals surface area (Å²) in [6.07, 6.45) is 6.07. The summed E-state index contributed by atoms with van der Waals surface area (Å²) in [6.45, 7) is 8.00. The molecule has 1 atom stereocenters. The van der Waals surface area contributed by atoms with E-state index in [-0.39, 0.29) is 5.54 Å². The molecule has 0 bridgehead atoms. The molecule has 3 rings (SSSR count). The molecule has 3 saturated heterocycles. The zero-order valence-corrected chi connectivity index (χ0v) is 15.4. The minimum absolute atomic E-state index is 0.238. The first-order valence-corrected chi connectivity index (χ1v) is 9.56. The van der Waals surface area contributed by atoms with Gasteiger partial charge < -0.3 is 19.7 Å². The van der Waals surface area contributed by atoms with Crippen LogP contribution in [-0.4, -0.2) is 88.0 Å². The van der Waals surface area contributed by atoms with E-state index in [2.05, 4.69) is 27.2 Å². The second-order valence-electron chi connectivity index (χ2n) is 7.54. The molecule has 3 aliphatic heterocycles. The van der Waals surface area contributed by atoms with E-state index in [0.29, 0.717) is 5.92 Å². The Morgan fingerprint density at radius 1 is 1.21 bits per heavy atom. The van der Waals surface area contributed by atoms with E-state index in [9.17, 15) is 0 Å². The van der Waals surface area contributed by atoms with E-state index in [4.69, 9.17) is 9.47 Å². The largest absolute Gasteiger partial charge is 0.381 e. The summed E-state index contributed by atoms with van der Waals surface area (Å²) < 4.78 is 11.1. The van der Waals surface area contributed by atoms with Gasteiger partial charge in [0.15, 0.2) is 5.96 Å². The smallest absolute Gasteiger partial charge is 0.193 e. The molecule has 3 heterocycles. The molecule has 0 aromatic carbocycles. The molecular formula is C18H34N4O2. The summed E-state index contributed by atoms with van der Waals surface area (Å²) in [6, 6.07) is 0. The van der Waals surface area contributed by atoms with Crippen LogP contribution in [-0.2, 0) is 9.47 Å². The highest BCUT2D eigenvalue weighted by Crippen LogP contribution is 2.30. The molecule has 1 N–H and O–H groups in total. The molecule has 0 saturated carbocycles. The number of rotatable bonds is 5. The van der Waals surface area contributed by atoms with E-state index in [1.165, 1.54) is 25.9 Å². The summed E-state index contributed by atoms with van der Waals surface area (Å²) in [5.41, 5.74) is 0.238. The van der Waals surface area contributed by atoms with Crippen LogP contribution in [0.5, 0.6) is 0 Å². The Labute approximate surface area is 146 Å². The topological polar surface area (TPSA) is 49.3 Å². The van der Waals surface area contributed by atoms with E-state index in [0.717, 1.165) is 64.7 Å². The average molecular weight is 338 g/mol. The van der Waals surface area contributed by atoms with E-state index < -0.39 is 0 Å². The molecule has 0 radical (unpaired) electrons. The van der Waals surface area contributed by atoms with Gasteiger partial charge in [0.05, 0.1) is 6.61 Å². The van der Waals surface area contributed by atoms with Gasteiger partial charge in [-0.15, -0.1) is 0 Å². The second-order valence-corrected chi connectivity index (χ2v) is 7.54. The van der Waals surface area contributed by atoms with E-state index in [1.807, 2.05) is 7.05 Å². The van der Waals surface area contributed by atoms with Crippen molar-refractivity contribution in [2.24, 2.45) is 10.9 Å². The number of likely N-dealkylation sites (tertiary alicyclic amines) is 1. The third-order valence-electron chi connectivity index (χ3n) is 5.91. The van der Waals surface area contributed by atoms with Crippen LogP contribution in [0.2, 0.25) is 0 Å². The molecule has 1 unspecified atom stereocenters. The highest BCUT2D eigenvalue weighted by Gasteiger charge is 2.39. The number of hydrogen-bond acceptors (Lipinski definition) is 4. The number of nitrogens with zero attached hydrogens (tertiary/aromatic N) is 3. The first kappa shape index (κ1) is 18.0. The molecule has 138 valence electrons. The van der Waals surface area contributed by atoms with Crippen molar-refractivity contribution < 1.29 is 9.47 Å². The summed E-state index contributed by atoms with van der Waals surface area (Å²) >= 11 is 0. The van der Waals surface area contributed by atoms with E-state index >= 15 is 0 Å². The third kappa shape index (κ3) is 4.21. The van der Waals surface area contributed by atoms with Gasteiger partial charge in [-0.25, -0.2) is 0 Å². The second kappa shape index (κ2) is 8.50. The lowest BCUT2D eigenvalue weighted by Gasteiger charge is -2.45. The van der Waals surface area contributed by atoms with Crippen molar-refractivity contribution in [1.29, 1.82) is 0 Å². The molecule has 6 heteroatoms. The lowest BCUT2D eigenvalue weighted by molar-refractivity contribution is -0.0166. The molecule has 24 heavy (non-hydrogen) atoms. The monoisotopic (exact) mass is 338 g/mol. The number of guanidine groups is 1. The van der Waals surface area contributed by atoms with Crippen molar-refractivity contribution in [3.05, 3.63) is 0 Å². The summed E-state index contributed by atoms with van der Waals surface area (Å²) in [5.74, 6) is 1.64. The lowest BCUT2D eigenvalue weighted by Crippen LogP contribution is -2.58. The van der Waals surface area contributed by atoms with Crippen LogP contribution in [0, 0.1) is 5.92 Å². The Balaban J connectivity index is 1.57. The van der Waals surface area contributed by atoms with Crippen LogP contribution in [0.3, 0.4) is 0 Å². The normalized spacial score (nSPS) is 28.2. The van der Waals surface area contributed by atoms with Gasteiger partial charge in [0, 0.05) is 58.5 Å². The predicted molar refractivity (Wildman–Crippen MR) is 96.5 cm³/mol. The minimum atomic E-state index is 0.238. The molecule has 3 aliphatic rings. The van der Waals surface area contributed by atoms with Gasteiger partial charge >= 0.3 is 0 Å². The average Bonchev–Trinajstić information content (AvgIpc) is 3.30. The maximum Gasteiger partial charge on any atom is 0.193 e. The molecule has 3 fully saturated rings. The maximum absolute atomic E-state index is 5.64. The molecule has 0 amide bonds. The van der Waals surface area contributed by atoms with Crippen LogP contribution >= 0.6 is 0 Å². The fraction of sp³-hybridized carbons (Fsp3) is 0.944. The van der Waals surface area contributed by atoms with Crippen molar-refractivity contribution in [1.82, 2.24) is 15.1 Å². The molecule has 0 spiro atoms. The van der Waals surface area contributed by atoms with Crippen molar-refractivity contribution in [2.45, 2.75) is 37.6 Å². The van der Waals surface area contributed by atoms with Crippen LogP contribution in [0.25, 0.3) is 0 Å². The first-order valence-electron chi connectivity index (χ1n) is 9.56. The fourth-order valence-corrected chi connectivity index (χ4v) is 4.38. The fourth-order valence-electron chi connectivity index (χ4n) is 4.38. The zero-order valence-electron chi connectivity index (χ0n) is 15.4. The number of hydrogen-bond donors (Lipinski definition) is 1. The maximum atomic E-state index is 5.64. The summed E-state index contributed by atoms with van der Waals surface area (Å²) in [4.78, 5) is 9.47. The molecule has 0 aromatic heterocycles. The van der Waals surface area contributed by atoms with Crippen LogP contribution < -0.4 is 5.32 Å². The van der Waals surface area contributed by atoms with Gasteiger partial charge in [-0.05, 0) is 45.2 Å². The van der Waals surface area contributed by atoms with Crippen LogP contribution in [0.15, 0.2) is 4.99 Å². The number of aliphatic imine (C=N–C) groups is 1. The van der Waals surface area contributed by atoms with Gasteiger partial charge in [-0.3, -0.25) is 9.89 Å². The van der Waals surface area contributed by atoms with Crippen LogP contribution in [0.1, 0.15) is 32.1 Å². The van der Waals surface area contributed by atoms with Gasteiger partial charge in [0.1, 0.15) is 0 Å². The number of ether oxygens (including phenoxy) is 2. The van der Waals surface area contributed by atoms with E-state index in [1.54, 1.807) is 0 Å². The Bertz CT molecular complexity index is 411. The minimum Gasteiger partial charge on any atom is -0.381 e. The van der Waals surface area contributed by atoms with Crippen molar-refractivity contribution in [3.8, 4) is 0 Å². The highest BCUT2D eigenvalue weighted by molar-refractivity contribution is 5.79. The van der Waals surface area contributed by atoms with Gasteiger partial charge in [0.2, 0.25) is 0 Å². The van der Waals surface area contributed by atoms with Gasteiger partial charge in [-0.1, -0.05) is 0 Å². The molecular weight excluding hydrogens is 304 g/mol. The molecule has 6 nitrogen and oxygen atoms in total. The van der Waals surface area contributed by atoms with Gasteiger partial charge in [-0.2, -0.15) is 0 Å². The zero-order chi connectivity index (χ0) is 16.8. The van der Waals surface area contributed by atoms with Gasteiger partial charge in [0.25, 0.3) is 0 Å². The van der Waals surface area contributed by atoms with Crippen molar-refractivity contribution in [3.63, 3.8) is 0 Å². The van der Waals surface area contributed by atoms with Crippen molar-refractivity contribution in [2.75, 3.05) is 66.7 Å². The highest BCUT2D eigenvalue weighted by atomic mass is 16.5. The quantitative estimate of drug-likeness (QED) is 0.602. The number of nitrogens with one attached hydrogen (secondary N) is 1. The van der Waals surface area contributed by atoms with Crippen molar-refractivity contribution >= 4 is 5.96 Å².